The van der Waals surface area contributed by atoms with Crippen molar-refractivity contribution in [2.75, 3.05) is 13.2 Å². The second-order valence-corrected chi connectivity index (χ2v) is 23.3. The zero-order valence-electron chi connectivity index (χ0n) is 25.4. The van der Waals surface area contributed by atoms with Crippen molar-refractivity contribution in [1.29, 1.82) is 0 Å². The van der Waals surface area contributed by atoms with E-state index in [4.69, 9.17) is 18.0 Å². The first kappa shape index (κ1) is 30.3. The quantitative estimate of drug-likeness (QED) is 0.406. The Balaban J connectivity index is 1.62. The maximum atomic E-state index is 13.5. The van der Waals surface area contributed by atoms with E-state index in [1.165, 1.54) is 10.4 Å². The van der Waals surface area contributed by atoms with Crippen molar-refractivity contribution in [2.45, 2.75) is 109 Å². The average molecular weight is 569 g/mol. The van der Waals surface area contributed by atoms with Crippen LogP contribution in [-0.2, 0) is 22.8 Å². The molecule has 2 heterocycles. The average Bonchev–Trinajstić information content (AvgIpc) is 3.01. The summed E-state index contributed by atoms with van der Waals surface area (Å²) >= 11 is 0. The van der Waals surface area contributed by atoms with Crippen molar-refractivity contribution in [1.82, 2.24) is 0 Å². The first-order valence-corrected chi connectivity index (χ1v) is 18.1. The topological polar surface area (TPSA) is 54.0 Å². The molecule has 2 saturated heterocycles. The molecule has 39 heavy (non-hydrogen) atoms. The van der Waals surface area contributed by atoms with Crippen molar-refractivity contribution in [2.24, 2.45) is 0 Å². The Morgan fingerprint density at radius 3 is 1.79 bits per heavy atom. The van der Waals surface area contributed by atoms with Gasteiger partial charge in [0.15, 0.2) is 5.78 Å². The molecule has 2 fully saturated rings. The summed E-state index contributed by atoms with van der Waals surface area (Å²) in [5.41, 5.74) is 0. The summed E-state index contributed by atoms with van der Waals surface area (Å²) in [5.74, 6) is 0.0877. The van der Waals surface area contributed by atoms with Gasteiger partial charge in [0.1, 0.15) is 12.2 Å². The molecule has 0 aromatic heterocycles. The Hall–Kier alpha value is -1.62. The van der Waals surface area contributed by atoms with Crippen molar-refractivity contribution >= 4 is 33.0 Å². The van der Waals surface area contributed by atoms with E-state index in [1.807, 2.05) is 12.1 Å². The maximum Gasteiger partial charge on any atom is 0.349 e. The Morgan fingerprint density at radius 2 is 1.33 bits per heavy atom. The number of fused-ring (bicyclic) bond motifs is 1. The second-order valence-electron chi connectivity index (χ2n) is 14.2. The Morgan fingerprint density at radius 1 is 0.821 bits per heavy atom. The van der Waals surface area contributed by atoms with Crippen LogP contribution in [0, 0.1) is 0 Å². The third-order valence-corrected chi connectivity index (χ3v) is 18.6. The summed E-state index contributed by atoms with van der Waals surface area (Å²) in [4.78, 5) is 13.5. The smallest absolute Gasteiger partial charge is 0.349 e. The van der Waals surface area contributed by atoms with Crippen LogP contribution in [0.25, 0.3) is 0 Å². The van der Waals surface area contributed by atoms with Gasteiger partial charge in [-0.15, -0.1) is 0 Å². The van der Waals surface area contributed by atoms with E-state index in [9.17, 15) is 4.79 Å². The SMILES string of the molecule is CC(C)(C)[Si](OC[C@@H]1O[C@@H]2CO[Si](C(C)(C)C)(C(C)(C)C)O[C@H]2CCC1=O)(c1ccccc1)c1ccccc1. The molecule has 2 aromatic rings. The fourth-order valence-corrected chi connectivity index (χ4v) is 16.3. The van der Waals surface area contributed by atoms with Gasteiger partial charge in [0.25, 0.3) is 8.32 Å². The molecule has 0 bridgehead atoms. The summed E-state index contributed by atoms with van der Waals surface area (Å²) in [6.07, 6.45) is 0.00515. The summed E-state index contributed by atoms with van der Waals surface area (Å²) in [7, 11) is -5.42. The number of ether oxygens (including phenoxy) is 1. The molecule has 3 atom stereocenters. The normalized spacial score (nSPS) is 24.6. The van der Waals surface area contributed by atoms with Crippen LogP contribution in [0.1, 0.15) is 75.2 Å². The van der Waals surface area contributed by atoms with Gasteiger partial charge in [-0.25, -0.2) is 0 Å². The molecule has 2 aromatic carbocycles. The molecule has 0 amide bonds. The molecule has 0 saturated carbocycles. The lowest BCUT2D eigenvalue weighted by molar-refractivity contribution is -0.148. The molecule has 0 radical (unpaired) electrons. The van der Waals surface area contributed by atoms with Gasteiger partial charge < -0.3 is 18.0 Å². The number of hydrogen-bond acceptors (Lipinski definition) is 5. The molecular weight excluding hydrogens is 521 g/mol. The number of benzene rings is 2. The number of carbonyl (C=O) groups is 1. The van der Waals surface area contributed by atoms with Crippen molar-refractivity contribution in [3.8, 4) is 0 Å². The molecular formula is C32H48O5Si2. The van der Waals surface area contributed by atoms with E-state index in [0.29, 0.717) is 19.4 Å². The fraction of sp³-hybridized carbons (Fsp3) is 0.594. The van der Waals surface area contributed by atoms with Gasteiger partial charge in [0.05, 0.1) is 19.3 Å². The number of hydrogen-bond donors (Lipinski definition) is 0. The van der Waals surface area contributed by atoms with E-state index in [2.05, 4.69) is 111 Å². The van der Waals surface area contributed by atoms with Crippen molar-refractivity contribution < 1.29 is 22.8 Å². The third kappa shape index (κ3) is 5.63. The van der Waals surface area contributed by atoms with Crippen LogP contribution in [0.5, 0.6) is 0 Å². The Bertz CT molecular complexity index is 1060. The number of carbonyl (C=O) groups excluding carboxylic acids is 1. The second kappa shape index (κ2) is 11.0. The summed E-state index contributed by atoms with van der Waals surface area (Å²) in [6, 6.07) is 21.0. The summed E-state index contributed by atoms with van der Waals surface area (Å²) in [5, 5.41) is 1.99. The molecule has 214 valence electrons. The number of ketones is 1. The number of Topliss-reactive ketones (excluding diaryl/α,β-unsaturated/α-hetero) is 1. The van der Waals surface area contributed by atoms with Crippen LogP contribution in [-0.4, -0.2) is 54.2 Å². The highest BCUT2D eigenvalue weighted by Gasteiger charge is 2.62. The molecule has 5 nitrogen and oxygen atoms in total. The minimum atomic E-state index is -2.78. The highest BCUT2D eigenvalue weighted by Crippen LogP contribution is 2.54. The standard InChI is InChI=1S/C32H48O5Si2/c1-30(2,3)38(24-16-12-10-13-17-24,25-18-14-11-15-19-25)34-22-28-26(33)20-21-27-29(36-28)23-35-39(37-27,31(4,5)6)32(7,8)9/h10-19,27-29H,20-23H2,1-9H3/t27-,28-,29+/m0/s1. The monoisotopic (exact) mass is 568 g/mol. The van der Waals surface area contributed by atoms with E-state index in [-0.39, 0.29) is 39.7 Å². The lowest BCUT2D eigenvalue weighted by atomic mass is 10.1. The van der Waals surface area contributed by atoms with E-state index in [1.54, 1.807) is 0 Å². The molecule has 0 unspecified atom stereocenters. The van der Waals surface area contributed by atoms with Gasteiger partial charge in [-0.05, 0) is 21.8 Å². The summed E-state index contributed by atoms with van der Waals surface area (Å²) in [6.45, 7) is 20.7. The lowest BCUT2D eigenvalue weighted by Gasteiger charge is -2.54. The molecule has 0 spiro atoms. The minimum Gasteiger partial charge on any atom is -0.404 e. The van der Waals surface area contributed by atoms with E-state index in [0.717, 1.165) is 0 Å². The van der Waals surface area contributed by atoms with E-state index >= 15 is 0 Å². The zero-order chi connectivity index (χ0) is 28.7. The molecule has 7 heteroatoms. The van der Waals surface area contributed by atoms with Crippen LogP contribution in [0.2, 0.25) is 15.1 Å². The van der Waals surface area contributed by atoms with Gasteiger partial charge in [-0.1, -0.05) is 123 Å². The third-order valence-electron chi connectivity index (χ3n) is 8.40. The molecule has 4 rings (SSSR count). The highest BCUT2D eigenvalue weighted by molar-refractivity contribution is 6.99. The van der Waals surface area contributed by atoms with Crippen molar-refractivity contribution in [3.63, 3.8) is 0 Å². The minimum absolute atomic E-state index is 0.0877. The lowest BCUT2D eigenvalue weighted by Crippen LogP contribution is -2.67. The van der Waals surface area contributed by atoms with Crippen LogP contribution >= 0.6 is 0 Å². The Kier molecular flexibility index (Phi) is 8.55. The van der Waals surface area contributed by atoms with Gasteiger partial charge in [-0.2, -0.15) is 0 Å². The fourth-order valence-electron chi connectivity index (χ4n) is 6.74. The highest BCUT2D eigenvalue weighted by atomic mass is 28.4. The zero-order valence-corrected chi connectivity index (χ0v) is 27.4. The molecule has 0 N–H and O–H groups in total. The molecule has 0 aliphatic carbocycles. The molecule has 2 aliphatic rings. The van der Waals surface area contributed by atoms with Crippen LogP contribution in [0.3, 0.4) is 0 Å². The predicted octanol–water partition coefficient (Wildman–Crippen LogP) is 6.14. The van der Waals surface area contributed by atoms with Crippen LogP contribution < -0.4 is 10.4 Å². The maximum absolute atomic E-state index is 13.5. The molecule has 2 aliphatic heterocycles. The van der Waals surface area contributed by atoms with Gasteiger partial charge in [-0.3, -0.25) is 4.79 Å². The van der Waals surface area contributed by atoms with Crippen LogP contribution in [0.4, 0.5) is 0 Å². The predicted molar refractivity (Wildman–Crippen MR) is 162 cm³/mol. The van der Waals surface area contributed by atoms with Gasteiger partial charge >= 0.3 is 8.56 Å². The van der Waals surface area contributed by atoms with Gasteiger partial charge in [0, 0.05) is 16.5 Å². The van der Waals surface area contributed by atoms with Gasteiger partial charge in [0.2, 0.25) is 0 Å². The number of rotatable bonds is 5. The largest absolute Gasteiger partial charge is 0.404 e. The Labute approximate surface area is 238 Å². The first-order valence-electron chi connectivity index (χ1n) is 14.4. The van der Waals surface area contributed by atoms with E-state index < -0.39 is 23.0 Å². The van der Waals surface area contributed by atoms with Crippen LogP contribution in [0.15, 0.2) is 60.7 Å². The summed E-state index contributed by atoms with van der Waals surface area (Å²) < 4.78 is 27.2. The first-order chi connectivity index (χ1) is 18.1. The van der Waals surface area contributed by atoms with Crippen molar-refractivity contribution in [3.05, 3.63) is 60.7 Å².